The Morgan fingerprint density at radius 2 is 0.741 bits per heavy atom. The Balaban J connectivity index is 0.000000165. The number of aromatic nitrogens is 10. The van der Waals surface area contributed by atoms with E-state index in [4.69, 9.17) is 61.2 Å². The number of nitrogens with zero attached hydrogens (tertiary/aromatic N) is 6. The summed E-state index contributed by atoms with van der Waals surface area (Å²) in [5.74, 6) is -0.689. The summed E-state index contributed by atoms with van der Waals surface area (Å²) >= 11 is 3.23. The maximum absolute atomic E-state index is 14.9. The number of aryl methyl sites for hydroxylation is 6. The smallest absolute Gasteiger partial charge is 0.462 e. The Bertz CT molecular complexity index is 5680. The van der Waals surface area contributed by atoms with Crippen LogP contribution in [0.4, 0.5) is 20.4 Å². The Morgan fingerprint density at radius 1 is 0.415 bits per heavy atom. The van der Waals surface area contributed by atoms with Crippen LogP contribution in [0.15, 0.2) is 95.9 Å². The van der Waals surface area contributed by atoms with Crippen LogP contribution in [0.2, 0.25) is 0 Å². The number of pyridine rings is 2. The van der Waals surface area contributed by atoms with Gasteiger partial charge < -0.3 is 86.8 Å². The molecule has 8 aromatic heterocycles. The summed E-state index contributed by atoms with van der Waals surface area (Å²) in [4.78, 5) is 86.4. The molecule has 728 valence electrons. The number of fused-ring (bicyclic) bond motifs is 2. The van der Waals surface area contributed by atoms with E-state index in [1.54, 1.807) is 77.2 Å². The number of anilines is 2. The summed E-state index contributed by atoms with van der Waals surface area (Å²) in [5.41, 5.74) is 13.0. The van der Waals surface area contributed by atoms with E-state index in [2.05, 4.69) is 151 Å². The zero-order valence-electron chi connectivity index (χ0n) is 85.5. The van der Waals surface area contributed by atoms with Gasteiger partial charge in [-0.3, -0.25) is 9.97 Å². The molecule has 4 aliphatic heterocycles. The Labute approximate surface area is 804 Å². The highest BCUT2D eigenvalue weighted by atomic mass is 79.9. The van der Waals surface area contributed by atoms with Gasteiger partial charge >= 0.3 is 52.1 Å². The van der Waals surface area contributed by atoms with Crippen molar-refractivity contribution in [3.63, 3.8) is 0 Å². The van der Waals surface area contributed by atoms with Crippen LogP contribution in [0, 0.1) is 53.2 Å². The molecule has 28 nitrogen and oxygen atoms in total. The molecule has 12 heterocycles. The molecule has 0 atom stereocenters. The third-order valence-corrected chi connectivity index (χ3v) is 27.0. The number of hydrogen-bond donors (Lipinski definition) is 6. The van der Waals surface area contributed by atoms with Crippen LogP contribution >= 0.6 is 15.9 Å². The van der Waals surface area contributed by atoms with Crippen molar-refractivity contribution in [2.24, 2.45) is 0 Å². The van der Waals surface area contributed by atoms with E-state index in [-0.39, 0.29) is 74.6 Å². The molecular formula is C100H139B4BrF2N12O16. The maximum Gasteiger partial charge on any atom is 0.512 e. The predicted octanol–water partition coefficient (Wildman–Crippen LogP) is 20.4. The Morgan fingerprint density at radius 3 is 1.08 bits per heavy atom. The molecule has 135 heavy (non-hydrogen) atoms. The van der Waals surface area contributed by atoms with E-state index in [0.29, 0.717) is 91.4 Å². The lowest BCUT2D eigenvalue weighted by atomic mass is 9.49. The standard InChI is InChI=1S/C21H23FN4O2.C18H24N2.2C14H22BNO4.C13H13BrFN3.C12H24B2O4.C8H11NO2/c1-5-28-20(27)13-10-16(23-11(13)2)17-14(22)6-7-15-18(17)25-19(12(3)24-15)26-21(4)8-9-21;1-17(2,3)13-7-9-19-15(11-13)16-12-14(8-10-20-16)18(4,5)6;2*1-7-18-12(17)10-8-11(16-9(10)2)15-19-13(3,4)14(5,6)20-15;1-7-12(18-13(2)5-6-13)17-11-9(16-7)4-3-8(15)10(11)14;1-9(2)10(3,4)16-13(15-9)14-17-11(5,6)12(7,8)18-14;1-3-11-8(10)7-4-5-9-6(7)2/h6-7,10,23H,5,8-9H2,1-4H3,(H,25,26);7-12H,1-6H3;2*8,16H,7H2,1-6H3;3-4H,5-6H2,1-2H3,(H,17,18);1-8H3;4-5,9H,3H2,1-2H3. The van der Waals surface area contributed by atoms with Crippen molar-refractivity contribution < 1.29 is 84.1 Å². The van der Waals surface area contributed by atoms with Gasteiger partial charge in [-0.2, -0.15) is 0 Å². The quantitative estimate of drug-likeness (QED) is 0.0280. The van der Waals surface area contributed by atoms with E-state index < -0.39 is 62.4 Å². The first-order chi connectivity index (χ1) is 62.5. The molecule has 2 saturated carbocycles. The molecule has 6 N–H and O–H groups in total. The van der Waals surface area contributed by atoms with E-state index in [9.17, 15) is 28.0 Å². The largest absolute Gasteiger partial charge is 0.512 e. The van der Waals surface area contributed by atoms with Crippen molar-refractivity contribution in [2.45, 2.75) is 328 Å². The molecule has 10 aromatic rings. The molecule has 0 unspecified atom stereocenters. The third kappa shape index (κ3) is 25.4. The Hall–Kier alpha value is -9.70. The fraction of sp³-hybridized carbons (Fsp3) is 0.540. The maximum atomic E-state index is 14.9. The molecule has 2 aliphatic carbocycles. The van der Waals surface area contributed by atoms with Gasteiger partial charge in [0, 0.05) is 63.6 Å². The number of nitrogens with one attached hydrogen (secondary N) is 6. The molecule has 2 aromatic carbocycles. The highest BCUT2D eigenvalue weighted by Crippen LogP contribution is 2.46. The van der Waals surface area contributed by atoms with Crippen LogP contribution in [0.5, 0.6) is 0 Å². The second-order valence-corrected chi connectivity index (χ2v) is 42.4. The van der Waals surface area contributed by atoms with Gasteiger partial charge in [-0.1, -0.05) is 41.5 Å². The summed E-state index contributed by atoms with van der Waals surface area (Å²) in [6.45, 7) is 69.3. The van der Waals surface area contributed by atoms with Crippen molar-refractivity contribution in [3.05, 3.63) is 175 Å². The van der Waals surface area contributed by atoms with Crippen molar-refractivity contribution in [3.8, 4) is 22.6 Å². The highest BCUT2D eigenvalue weighted by molar-refractivity contribution is 9.10. The SMILES string of the molecule is CC(C)(C)c1ccnc(-c2cc(C(C)(C)C)ccn2)c1.CC1(C)OB(B2OC(C)(C)C(C)(C)O2)OC1(C)C.CCOC(=O)c1cc(-c2c(F)ccc3nc(C)c(NC4(C)CC4)nc23)[nH]c1C.CCOC(=O)c1cc(B2OC(C)(C)C(C)(C)O2)[nH]c1C.CCOC(=O)c1cc(B2OC(C)(C)C(C)(C)O2)[nH]c1C.CCOC(=O)c1cc[nH]c1C.Cc1nc2ccc(F)c(Br)c2nc1NC1(C)CC1. The number of hydrogen-bond acceptors (Lipinski definition) is 24. The van der Waals surface area contributed by atoms with Crippen LogP contribution in [-0.4, -0.2) is 184 Å². The lowest BCUT2D eigenvalue weighted by Crippen LogP contribution is -2.41. The van der Waals surface area contributed by atoms with Gasteiger partial charge in [0.25, 0.3) is 0 Å². The summed E-state index contributed by atoms with van der Waals surface area (Å²) in [7, 11) is -1.95. The van der Waals surface area contributed by atoms with E-state index in [1.165, 1.54) is 23.3 Å². The van der Waals surface area contributed by atoms with Gasteiger partial charge in [-0.25, -0.2) is 47.9 Å². The van der Waals surface area contributed by atoms with Crippen LogP contribution in [0.1, 0.15) is 306 Å². The van der Waals surface area contributed by atoms with E-state index in [0.717, 1.165) is 82.5 Å². The average molecular weight is 1930 g/mol. The predicted molar refractivity (Wildman–Crippen MR) is 532 cm³/mol. The van der Waals surface area contributed by atoms with Crippen molar-refractivity contribution in [2.75, 3.05) is 37.1 Å². The van der Waals surface area contributed by atoms with Crippen LogP contribution < -0.4 is 21.8 Å². The van der Waals surface area contributed by atoms with Gasteiger partial charge in [-0.15, -0.1) is 0 Å². The number of aromatic amines is 4. The molecule has 16 rings (SSSR count). The second-order valence-electron chi connectivity index (χ2n) is 41.6. The van der Waals surface area contributed by atoms with Crippen molar-refractivity contribution in [1.82, 2.24) is 49.8 Å². The van der Waals surface area contributed by atoms with Gasteiger partial charge in [0.15, 0.2) is 0 Å². The van der Waals surface area contributed by atoms with Gasteiger partial charge in [0.1, 0.15) is 34.3 Å². The fourth-order valence-electron chi connectivity index (χ4n) is 14.3. The number of rotatable bonds is 17. The van der Waals surface area contributed by atoms with Crippen LogP contribution in [0.25, 0.3) is 44.7 Å². The van der Waals surface area contributed by atoms with Crippen LogP contribution in [-0.2, 0) is 67.0 Å². The van der Waals surface area contributed by atoms with E-state index >= 15 is 0 Å². The first kappa shape index (κ1) is 107. The number of halogens is 3. The van der Waals surface area contributed by atoms with Crippen molar-refractivity contribution >= 4 is 113 Å². The topological polar surface area (TPSA) is 344 Å². The molecule has 0 radical (unpaired) electrons. The first-order valence-electron chi connectivity index (χ1n) is 46.4. The zero-order valence-corrected chi connectivity index (χ0v) is 87.1. The molecule has 0 bridgehead atoms. The Kier molecular flexibility index (Phi) is 32.7. The monoisotopic (exact) mass is 1920 g/mol. The molecule has 0 amide bonds. The minimum Gasteiger partial charge on any atom is -0.462 e. The number of benzene rings is 2. The van der Waals surface area contributed by atoms with Gasteiger partial charge in [-0.05, 0) is 330 Å². The summed E-state index contributed by atoms with van der Waals surface area (Å²) < 4.78 is 96.3. The minimum absolute atomic E-state index is 0.0285. The molecule has 6 aliphatic rings. The van der Waals surface area contributed by atoms with Gasteiger partial charge in [0.2, 0.25) is 0 Å². The summed E-state index contributed by atoms with van der Waals surface area (Å²) in [5, 5.41) is 6.80. The minimum atomic E-state index is -0.498. The number of carbonyl (C=O) groups excluding carboxylic acids is 4. The fourth-order valence-corrected chi connectivity index (χ4v) is 14.7. The lowest BCUT2D eigenvalue weighted by Gasteiger charge is -2.32. The normalized spacial score (nSPS) is 18.2. The second kappa shape index (κ2) is 41.1. The first-order valence-corrected chi connectivity index (χ1v) is 47.2. The van der Waals surface area contributed by atoms with Crippen molar-refractivity contribution in [1.29, 1.82) is 0 Å². The number of carbonyl (C=O) groups is 4. The van der Waals surface area contributed by atoms with Crippen LogP contribution in [0.3, 0.4) is 0 Å². The average Bonchev–Trinajstić information content (AvgIpc) is 1.60. The third-order valence-electron chi connectivity index (χ3n) is 26.3. The zero-order chi connectivity index (χ0) is 100. The molecule has 4 saturated heterocycles. The number of esters is 4. The lowest BCUT2D eigenvalue weighted by molar-refractivity contribution is 0.00578. The molecule has 0 spiro atoms. The molecule has 6 fully saturated rings. The molecule has 35 heteroatoms. The van der Waals surface area contributed by atoms with Gasteiger partial charge in [0.05, 0.1) is 143 Å². The number of H-pyrrole nitrogens is 4. The number of ether oxygens (including phenoxy) is 4. The summed E-state index contributed by atoms with van der Waals surface area (Å²) in [6, 6.07) is 21.3. The van der Waals surface area contributed by atoms with E-state index in [1.807, 2.05) is 158 Å². The molecular weight excluding hydrogens is 1790 g/mol. The summed E-state index contributed by atoms with van der Waals surface area (Å²) in [6.07, 6.45) is 9.89. The highest BCUT2D eigenvalue weighted by Gasteiger charge is 2.64.